The first-order chi connectivity index (χ1) is 17.4. The number of amides is 3. The van der Waals surface area contributed by atoms with Gasteiger partial charge in [-0.25, -0.2) is 5.43 Å². The maximum Gasteiger partial charge on any atom is 0.329 e. The van der Waals surface area contributed by atoms with Crippen LogP contribution in [0.3, 0.4) is 0 Å². The molecule has 0 aliphatic rings. The number of hydrazone groups is 1. The summed E-state index contributed by atoms with van der Waals surface area (Å²) in [5.74, 6) is -1.35. The Morgan fingerprint density at radius 1 is 0.889 bits per heavy atom. The predicted octanol–water partition coefficient (Wildman–Crippen LogP) is 4.26. The maximum absolute atomic E-state index is 12.3. The quantitative estimate of drug-likeness (QED) is 0.208. The molecule has 186 valence electrons. The predicted molar refractivity (Wildman–Crippen MR) is 141 cm³/mol. The van der Waals surface area contributed by atoms with Gasteiger partial charge in [-0.2, -0.15) is 5.10 Å². The van der Waals surface area contributed by atoms with E-state index in [1.54, 1.807) is 54.6 Å². The van der Waals surface area contributed by atoms with Crippen molar-refractivity contribution < 1.29 is 23.9 Å². The highest BCUT2D eigenvalue weighted by molar-refractivity contribution is 9.10. The van der Waals surface area contributed by atoms with Gasteiger partial charge in [0.1, 0.15) is 11.5 Å². The van der Waals surface area contributed by atoms with Crippen molar-refractivity contribution in [2.45, 2.75) is 13.8 Å². The van der Waals surface area contributed by atoms with Crippen LogP contribution in [0.5, 0.6) is 11.5 Å². The number of ether oxygens (including phenoxy) is 2. The summed E-state index contributed by atoms with van der Waals surface area (Å²) >= 11 is 3.39. The molecule has 10 heteroatoms. The van der Waals surface area contributed by atoms with E-state index in [-0.39, 0.29) is 12.5 Å². The number of carbonyl (C=O) groups excluding carboxylic acids is 3. The van der Waals surface area contributed by atoms with Gasteiger partial charge in [0.05, 0.1) is 18.5 Å². The van der Waals surface area contributed by atoms with Crippen molar-refractivity contribution in [1.82, 2.24) is 5.43 Å². The average Bonchev–Trinajstić information content (AvgIpc) is 2.86. The van der Waals surface area contributed by atoms with Crippen LogP contribution in [0.15, 0.2) is 76.3 Å². The van der Waals surface area contributed by atoms with E-state index >= 15 is 0 Å². The number of nitrogens with one attached hydrogen (secondary N) is 3. The molecule has 0 radical (unpaired) electrons. The number of halogens is 1. The summed E-state index contributed by atoms with van der Waals surface area (Å²) in [6, 6.07) is 19.2. The van der Waals surface area contributed by atoms with Gasteiger partial charge in [0, 0.05) is 15.7 Å². The first-order valence-corrected chi connectivity index (χ1v) is 11.8. The van der Waals surface area contributed by atoms with Crippen molar-refractivity contribution in [2.24, 2.45) is 5.10 Å². The Kier molecular flexibility index (Phi) is 9.58. The number of nitrogens with zero attached hydrogens (tertiary/aromatic N) is 1. The van der Waals surface area contributed by atoms with Crippen molar-refractivity contribution >= 4 is 51.2 Å². The Balaban J connectivity index is 1.55. The molecule has 0 heterocycles. The summed E-state index contributed by atoms with van der Waals surface area (Å²) in [6.45, 7) is 3.89. The topological polar surface area (TPSA) is 118 Å². The highest BCUT2D eigenvalue weighted by atomic mass is 79.9. The second-order valence-corrected chi connectivity index (χ2v) is 8.33. The zero-order valence-electron chi connectivity index (χ0n) is 19.7. The van der Waals surface area contributed by atoms with Gasteiger partial charge in [0.15, 0.2) is 6.61 Å². The number of hydrogen-bond donors (Lipinski definition) is 3. The largest absolute Gasteiger partial charge is 0.492 e. The van der Waals surface area contributed by atoms with Crippen LogP contribution in [0.1, 0.15) is 18.1 Å². The Hall–Kier alpha value is -4.18. The molecule has 0 spiro atoms. The molecule has 0 unspecified atom stereocenters. The lowest BCUT2D eigenvalue weighted by Gasteiger charge is -2.11. The highest BCUT2D eigenvalue weighted by Gasteiger charge is 2.15. The summed E-state index contributed by atoms with van der Waals surface area (Å²) in [7, 11) is 0. The first kappa shape index (κ1) is 26.4. The van der Waals surface area contributed by atoms with Gasteiger partial charge in [-0.05, 0) is 61.9 Å². The Morgan fingerprint density at radius 3 is 2.36 bits per heavy atom. The summed E-state index contributed by atoms with van der Waals surface area (Å²) < 4.78 is 12.0. The van der Waals surface area contributed by atoms with Gasteiger partial charge >= 0.3 is 11.8 Å². The molecule has 0 aliphatic carbocycles. The SMILES string of the molecule is CCOc1ccccc1NC(=O)C(=O)N/N=C\c1ccccc1OCC(=O)Nc1ccc(Br)cc1C. The smallest absolute Gasteiger partial charge is 0.329 e. The van der Waals surface area contributed by atoms with E-state index < -0.39 is 11.8 Å². The molecular formula is C26H25BrN4O5. The molecule has 0 bridgehead atoms. The van der Waals surface area contributed by atoms with E-state index in [4.69, 9.17) is 9.47 Å². The van der Waals surface area contributed by atoms with E-state index in [0.717, 1.165) is 10.0 Å². The fourth-order valence-corrected chi connectivity index (χ4v) is 3.53. The molecule has 0 fully saturated rings. The van der Waals surface area contributed by atoms with E-state index in [9.17, 15) is 14.4 Å². The van der Waals surface area contributed by atoms with Crippen molar-refractivity contribution in [3.05, 3.63) is 82.3 Å². The zero-order valence-corrected chi connectivity index (χ0v) is 21.3. The second kappa shape index (κ2) is 13.1. The van der Waals surface area contributed by atoms with Crippen molar-refractivity contribution in [2.75, 3.05) is 23.8 Å². The fraction of sp³-hybridized carbons (Fsp3) is 0.154. The summed E-state index contributed by atoms with van der Waals surface area (Å²) in [5.41, 5.74) is 4.65. The summed E-state index contributed by atoms with van der Waals surface area (Å²) in [4.78, 5) is 36.7. The molecule has 3 aromatic rings. The first-order valence-electron chi connectivity index (χ1n) is 11.0. The van der Waals surface area contributed by atoms with Crippen molar-refractivity contribution in [3.63, 3.8) is 0 Å². The number of carbonyl (C=O) groups is 3. The molecular weight excluding hydrogens is 528 g/mol. The summed E-state index contributed by atoms with van der Waals surface area (Å²) in [5, 5.41) is 9.13. The third-order valence-electron chi connectivity index (χ3n) is 4.75. The molecule has 9 nitrogen and oxygen atoms in total. The molecule has 3 rings (SSSR count). The molecule has 0 aliphatic heterocycles. The molecule has 0 saturated heterocycles. The lowest BCUT2D eigenvalue weighted by molar-refractivity contribution is -0.136. The van der Waals surface area contributed by atoms with Gasteiger partial charge in [-0.15, -0.1) is 0 Å². The van der Waals surface area contributed by atoms with E-state index in [1.165, 1.54) is 6.21 Å². The number of benzene rings is 3. The molecule has 0 aromatic heterocycles. The van der Waals surface area contributed by atoms with Crippen molar-refractivity contribution in [1.29, 1.82) is 0 Å². The second-order valence-electron chi connectivity index (χ2n) is 7.42. The lowest BCUT2D eigenvalue weighted by Crippen LogP contribution is -2.32. The van der Waals surface area contributed by atoms with Crippen LogP contribution in [0.2, 0.25) is 0 Å². The Morgan fingerprint density at radius 2 is 1.61 bits per heavy atom. The minimum absolute atomic E-state index is 0.228. The van der Waals surface area contributed by atoms with E-state index in [0.29, 0.717) is 35.0 Å². The van der Waals surface area contributed by atoms with Crippen LogP contribution >= 0.6 is 15.9 Å². The number of aryl methyl sites for hydroxylation is 1. The minimum Gasteiger partial charge on any atom is -0.492 e. The van der Waals surface area contributed by atoms with Gasteiger partial charge in [0.2, 0.25) is 0 Å². The van der Waals surface area contributed by atoms with Gasteiger partial charge in [-0.3, -0.25) is 14.4 Å². The third kappa shape index (κ3) is 7.67. The van der Waals surface area contributed by atoms with Crippen LogP contribution in [-0.2, 0) is 14.4 Å². The molecule has 36 heavy (non-hydrogen) atoms. The van der Waals surface area contributed by atoms with Gasteiger partial charge < -0.3 is 20.1 Å². The normalized spacial score (nSPS) is 10.5. The van der Waals surface area contributed by atoms with Crippen LogP contribution < -0.4 is 25.5 Å². The van der Waals surface area contributed by atoms with E-state index in [1.807, 2.05) is 26.0 Å². The van der Waals surface area contributed by atoms with Crippen LogP contribution in [0, 0.1) is 6.92 Å². The van der Waals surface area contributed by atoms with Crippen molar-refractivity contribution in [3.8, 4) is 11.5 Å². The standard InChI is InChI=1S/C26H25BrN4O5/c1-3-35-23-11-7-5-9-21(23)30-25(33)26(34)31-28-15-18-8-4-6-10-22(18)36-16-24(32)29-20-13-12-19(27)14-17(20)2/h4-15H,3,16H2,1-2H3,(H,29,32)(H,30,33)(H,31,34)/b28-15-. The molecule has 0 saturated carbocycles. The number of anilines is 2. The third-order valence-corrected chi connectivity index (χ3v) is 5.24. The van der Waals surface area contributed by atoms with Crippen LogP contribution in [0.25, 0.3) is 0 Å². The molecule has 3 aromatic carbocycles. The Bertz CT molecular complexity index is 1280. The Labute approximate surface area is 217 Å². The van der Waals surface area contributed by atoms with Gasteiger partial charge in [-0.1, -0.05) is 40.2 Å². The van der Waals surface area contributed by atoms with Crippen LogP contribution in [0.4, 0.5) is 11.4 Å². The van der Waals surface area contributed by atoms with Crippen LogP contribution in [-0.4, -0.2) is 37.1 Å². The fourth-order valence-electron chi connectivity index (χ4n) is 3.06. The number of hydrogen-bond acceptors (Lipinski definition) is 6. The summed E-state index contributed by atoms with van der Waals surface area (Å²) in [6.07, 6.45) is 1.32. The minimum atomic E-state index is -0.958. The molecule has 3 amide bonds. The monoisotopic (exact) mass is 552 g/mol. The lowest BCUT2D eigenvalue weighted by atomic mass is 10.2. The van der Waals surface area contributed by atoms with E-state index in [2.05, 4.69) is 37.1 Å². The zero-order chi connectivity index (χ0) is 25.9. The molecule has 3 N–H and O–H groups in total. The average molecular weight is 553 g/mol. The maximum atomic E-state index is 12.3. The molecule has 0 atom stereocenters. The van der Waals surface area contributed by atoms with Gasteiger partial charge in [0.25, 0.3) is 5.91 Å². The number of para-hydroxylation sites is 3. The number of rotatable bonds is 9. The highest BCUT2D eigenvalue weighted by Crippen LogP contribution is 2.23.